The Bertz CT molecular complexity index is 1050. The molecule has 0 aromatic heterocycles. The third-order valence-electron chi connectivity index (χ3n) is 4.42. The molecular formula is C22H23BrClN2O3S-. The van der Waals surface area contributed by atoms with Crippen molar-refractivity contribution >= 4 is 26.0 Å². The van der Waals surface area contributed by atoms with Crippen LogP contribution in [0.2, 0.25) is 0 Å². The van der Waals surface area contributed by atoms with E-state index in [0.29, 0.717) is 13.2 Å². The van der Waals surface area contributed by atoms with Gasteiger partial charge in [0, 0.05) is 16.6 Å². The summed E-state index contributed by atoms with van der Waals surface area (Å²) in [4.78, 5) is 0.128. The Labute approximate surface area is 192 Å². The Morgan fingerprint density at radius 2 is 1.63 bits per heavy atom. The van der Waals surface area contributed by atoms with Crippen LogP contribution in [0.4, 0.5) is 0 Å². The molecule has 30 heavy (non-hydrogen) atoms. The molecule has 0 amide bonds. The molecule has 3 aromatic carbocycles. The largest absolute Gasteiger partial charge is 1.00 e. The summed E-state index contributed by atoms with van der Waals surface area (Å²) < 4.78 is 29.6. The van der Waals surface area contributed by atoms with E-state index in [-0.39, 0.29) is 17.3 Å². The zero-order valence-corrected chi connectivity index (χ0v) is 19.4. The molecule has 160 valence electrons. The highest BCUT2D eigenvalue weighted by molar-refractivity contribution is 9.10. The van der Waals surface area contributed by atoms with Gasteiger partial charge < -0.3 is 22.5 Å². The highest BCUT2D eigenvalue weighted by Crippen LogP contribution is 2.24. The summed E-state index contributed by atoms with van der Waals surface area (Å²) in [6.45, 7) is 1.93. The van der Waals surface area contributed by atoms with Crippen molar-refractivity contribution in [3.05, 3.63) is 94.0 Å². The van der Waals surface area contributed by atoms with Gasteiger partial charge in [-0.05, 0) is 54.4 Å². The number of nitrogens with two attached hydrogens (primary N) is 1. The molecule has 8 heteroatoms. The first-order chi connectivity index (χ1) is 13.9. The summed E-state index contributed by atoms with van der Waals surface area (Å²) >= 11 is 3.52. The van der Waals surface area contributed by atoms with Gasteiger partial charge in [0.25, 0.3) is 0 Å². The average Bonchev–Trinajstić information content (AvgIpc) is 2.71. The van der Waals surface area contributed by atoms with Gasteiger partial charge in [0.05, 0.1) is 4.90 Å². The number of sulfonamides is 1. The van der Waals surface area contributed by atoms with E-state index in [1.807, 2.05) is 48.5 Å². The van der Waals surface area contributed by atoms with Gasteiger partial charge in [-0.2, -0.15) is 0 Å². The highest BCUT2D eigenvalue weighted by atomic mass is 79.9. The summed E-state index contributed by atoms with van der Waals surface area (Å²) in [6.07, 6.45) is 0.777. The Balaban J connectivity index is 0.00000320. The molecule has 3 rings (SSSR count). The van der Waals surface area contributed by atoms with Crippen molar-refractivity contribution in [2.24, 2.45) is 5.14 Å². The Hall–Kier alpha value is -1.90. The smallest absolute Gasteiger partial charge is 0.238 e. The Kier molecular flexibility index (Phi) is 9.33. The van der Waals surface area contributed by atoms with Crippen LogP contribution in [-0.2, 0) is 29.6 Å². The molecule has 5 nitrogen and oxygen atoms in total. The van der Waals surface area contributed by atoms with E-state index in [0.717, 1.165) is 39.9 Å². The van der Waals surface area contributed by atoms with Crippen LogP contribution in [-0.4, -0.2) is 15.0 Å². The maximum atomic E-state index is 11.3. The first-order valence-corrected chi connectivity index (χ1v) is 11.5. The zero-order chi connectivity index (χ0) is 20.7. The van der Waals surface area contributed by atoms with Crippen LogP contribution in [0.3, 0.4) is 0 Å². The van der Waals surface area contributed by atoms with Crippen LogP contribution in [0.25, 0.3) is 0 Å². The van der Waals surface area contributed by atoms with Gasteiger partial charge in [0.15, 0.2) is 0 Å². The predicted octanol–water partition coefficient (Wildman–Crippen LogP) is 1.01. The minimum Gasteiger partial charge on any atom is -1.00 e. The van der Waals surface area contributed by atoms with Gasteiger partial charge in [-0.1, -0.05) is 58.4 Å². The van der Waals surface area contributed by atoms with Crippen molar-refractivity contribution in [1.82, 2.24) is 5.32 Å². The number of rotatable bonds is 9. The third-order valence-corrected chi connectivity index (χ3v) is 5.84. The van der Waals surface area contributed by atoms with Crippen molar-refractivity contribution < 1.29 is 25.6 Å². The predicted molar refractivity (Wildman–Crippen MR) is 118 cm³/mol. The molecule has 0 spiro atoms. The molecular weight excluding hydrogens is 488 g/mol. The quantitative estimate of drug-likeness (QED) is 0.421. The molecule has 0 aliphatic heterocycles. The maximum absolute atomic E-state index is 11.3. The molecule has 0 saturated heterocycles. The number of nitrogens with one attached hydrogen (secondary N) is 1. The Morgan fingerprint density at radius 3 is 2.30 bits per heavy atom. The van der Waals surface area contributed by atoms with Gasteiger partial charge in [0.2, 0.25) is 10.0 Å². The van der Waals surface area contributed by atoms with E-state index in [1.54, 1.807) is 12.1 Å². The van der Waals surface area contributed by atoms with Crippen LogP contribution in [0.5, 0.6) is 5.75 Å². The molecule has 0 heterocycles. The van der Waals surface area contributed by atoms with E-state index < -0.39 is 10.0 Å². The highest BCUT2D eigenvalue weighted by Gasteiger charge is 2.07. The van der Waals surface area contributed by atoms with Crippen molar-refractivity contribution in [3.63, 3.8) is 0 Å². The summed E-state index contributed by atoms with van der Waals surface area (Å²) in [7, 11) is -3.65. The van der Waals surface area contributed by atoms with Crippen molar-refractivity contribution in [3.8, 4) is 5.75 Å². The fraction of sp³-hybridized carbons (Fsp3) is 0.182. The minimum absolute atomic E-state index is 0. The fourth-order valence-electron chi connectivity index (χ4n) is 2.86. The van der Waals surface area contributed by atoms with E-state index in [2.05, 4.69) is 21.2 Å². The average molecular weight is 511 g/mol. The monoisotopic (exact) mass is 509 g/mol. The SMILES string of the molecule is NS(=O)(=O)c1ccc(CCNCc2cc(Br)ccc2OCc2ccccc2)cc1.[Cl-]. The van der Waals surface area contributed by atoms with Gasteiger partial charge in [0.1, 0.15) is 12.4 Å². The zero-order valence-electron chi connectivity index (χ0n) is 16.2. The van der Waals surface area contributed by atoms with Crippen molar-refractivity contribution in [1.29, 1.82) is 0 Å². The maximum Gasteiger partial charge on any atom is 0.238 e. The summed E-state index contributed by atoms with van der Waals surface area (Å²) in [6, 6.07) is 22.7. The molecule has 0 saturated carbocycles. The number of halogens is 2. The first-order valence-electron chi connectivity index (χ1n) is 9.19. The van der Waals surface area contributed by atoms with E-state index >= 15 is 0 Å². The standard InChI is InChI=1S/C22H23BrN2O3S.ClH/c23-20-8-11-22(28-16-18-4-2-1-3-5-18)19(14-20)15-25-13-12-17-6-9-21(10-7-17)29(24,26)27;/h1-11,14,25H,12-13,15-16H2,(H2,24,26,27);1H/p-1. The molecule has 0 atom stereocenters. The van der Waals surface area contributed by atoms with Gasteiger partial charge in [-0.25, -0.2) is 13.6 Å². The lowest BCUT2D eigenvalue weighted by atomic mass is 10.1. The van der Waals surface area contributed by atoms with E-state index in [4.69, 9.17) is 9.88 Å². The molecule has 3 N–H and O–H groups in total. The van der Waals surface area contributed by atoms with Crippen molar-refractivity contribution in [2.45, 2.75) is 24.5 Å². The second kappa shape index (κ2) is 11.5. The van der Waals surface area contributed by atoms with Gasteiger partial charge in [-0.3, -0.25) is 0 Å². The first kappa shape index (κ1) is 24.4. The number of primary sulfonamides is 1. The van der Waals surface area contributed by atoms with Crippen LogP contribution in [0.15, 0.2) is 82.2 Å². The van der Waals surface area contributed by atoms with Crippen LogP contribution in [0, 0.1) is 0 Å². The van der Waals surface area contributed by atoms with Crippen LogP contribution >= 0.6 is 15.9 Å². The summed E-state index contributed by atoms with van der Waals surface area (Å²) in [5.41, 5.74) is 3.23. The summed E-state index contributed by atoms with van der Waals surface area (Å²) in [5, 5.41) is 8.54. The van der Waals surface area contributed by atoms with Gasteiger partial charge >= 0.3 is 0 Å². The molecule has 0 unspecified atom stereocenters. The molecule has 0 fully saturated rings. The summed E-state index contributed by atoms with van der Waals surface area (Å²) in [5.74, 6) is 0.849. The second-order valence-electron chi connectivity index (χ2n) is 6.64. The van der Waals surface area contributed by atoms with Crippen LogP contribution < -0.4 is 27.6 Å². The molecule has 0 aliphatic carbocycles. The number of hydrogen-bond donors (Lipinski definition) is 2. The fourth-order valence-corrected chi connectivity index (χ4v) is 3.79. The topological polar surface area (TPSA) is 81.4 Å². The van der Waals surface area contributed by atoms with E-state index in [1.165, 1.54) is 12.1 Å². The van der Waals surface area contributed by atoms with Gasteiger partial charge in [-0.15, -0.1) is 0 Å². The second-order valence-corrected chi connectivity index (χ2v) is 9.12. The molecule has 3 aromatic rings. The number of benzene rings is 3. The Morgan fingerprint density at radius 1 is 0.933 bits per heavy atom. The minimum atomic E-state index is -3.65. The lowest BCUT2D eigenvalue weighted by molar-refractivity contribution is -0.00000870. The van der Waals surface area contributed by atoms with E-state index in [9.17, 15) is 8.42 Å². The third kappa shape index (κ3) is 7.41. The van der Waals surface area contributed by atoms with Crippen molar-refractivity contribution in [2.75, 3.05) is 6.54 Å². The molecule has 0 bridgehead atoms. The van der Waals surface area contributed by atoms with Crippen LogP contribution in [0.1, 0.15) is 16.7 Å². The lowest BCUT2D eigenvalue weighted by Gasteiger charge is -2.13. The molecule has 0 aliphatic rings. The number of ether oxygens (including phenoxy) is 1. The normalized spacial score (nSPS) is 11.0. The number of hydrogen-bond acceptors (Lipinski definition) is 4. The lowest BCUT2D eigenvalue weighted by Crippen LogP contribution is -3.00. The molecule has 0 radical (unpaired) electrons.